The Labute approximate surface area is 174 Å². The number of rotatable bonds is 20. The zero-order valence-electron chi connectivity index (χ0n) is 17.2. The standard InChI is InChI=1S/C20H42BrO5P/c1-2-3-4-5-6-7-8-9-10-11-12-13-14-15-18-26-20(21,22)17-16-19-27(23,24)25/h22H,2-19H2,1H3,(H2,23,24,25). The van der Waals surface area contributed by atoms with Crippen molar-refractivity contribution >= 4 is 23.5 Å². The first-order valence-electron chi connectivity index (χ1n) is 10.9. The van der Waals surface area contributed by atoms with Crippen molar-refractivity contribution in [3.63, 3.8) is 0 Å². The van der Waals surface area contributed by atoms with Gasteiger partial charge in [-0.1, -0.05) is 90.4 Å². The third-order valence-electron chi connectivity index (χ3n) is 4.76. The summed E-state index contributed by atoms with van der Waals surface area (Å²) in [6.07, 6.45) is 18.3. The molecule has 0 aliphatic heterocycles. The van der Waals surface area contributed by atoms with Gasteiger partial charge in [0.15, 0.2) is 0 Å². The molecule has 0 amide bonds. The second kappa shape index (κ2) is 17.4. The summed E-state index contributed by atoms with van der Waals surface area (Å²) in [6.45, 7) is 2.71. The van der Waals surface area contributed by atoms with Gasteiger partial charge in [-0.2, -0.15) is 0 Å². The van der Waals surface area contributed by atoms with Gasteiger partial charge < -0.3 is 19.6 Å². The van der Waals surface area contributed by atoms with Crippen LogP contribution in [0.3, 0.4) is 0 Å². The number of aliphatic hydroxyl groups is 1. The Morgan fingerprint density at radius 3 is 1.59 bits per heavy atom. The van der Waals surface area contributed by atoms with Gasteiger partial charge in [-0.15, -0.1) is 0 Å². The molecule has 0 aliphatic carbocycles. The Kier molecular flexibility index (Phi) is 17.8. The topological polar surface area (TPSA) is 87.0 Å². The number of hydrogen-bond acceptors (Lipinski definition) is 3. The third kappa shape index (κ3) is 22.7. The Hall–Kier alpha value is 0.550. The summed E-state index contributed by atoms with van der Waals surface area (Å²) in [5.41, 5.74) is 0. The van der Waals surface area contributed by atoms with E-state index in [-0.39, 0.29) is 19.0 Å². The Morgan fingerprint density at radius 1 is 0.778 bits per heavy atom. The molecule has 1 atom stereocenters. The van der Waals surface area contributed by atoms with Crippen molar-refractivity contribution in [3.8, 4) is 0 Å². The fourth-order valence-corrected chi connectivity index (χ4v) is 4.11. The zero-order chi connectivity index (χ0) is 20.4. The van der Waals surface area contributed by atoms with Crippen LogP contribution in [0.25, 0.3) is 0 Å². The van der Waals surface area contributed by atoms with Crippen LogP contribution in [0.1, 0.15) is 110 Å². The Balaban J connectivity index is 3.31. The van der Waals surface area contributed by atoms with Crippen molar-refractivity contribution in [1.82, 2.24) is 0 Å². The van der Waals surface area contributed by atoms with Gasteiger partial charge in [0.1, 0.15) is 0 Å². The van der Waals surface area contributed by atoms with Crippen molar-refractivity contribution in [2.24, 2.45) is 0 Å². The minimum absolute atomic E-state index is 0.163. The highest BCUT2D eigenvalue weighted by Gasteiger charge is 2.24. The minimum atomic E-state index is -4.00. The largest absolute Gasteiger partial charge is 0.357 e. The van der Waals surface area contributed by atoms with Crippen LogP contribution in [0.4, 0.5) is 0 Å². The van der Waals surface area contributed by atoms with E-state index in [1.54, 1.807) is 0 Å². The van der Waals surface area contributed by atoms with E-state index in [1.807, 2.05) is 0 Å². The number of ether oxygens (including phenoxy) is 1. The first kappa shape index (κ1) is 27.5. The van der Waals surface area contributed by atoms with Gasteiger partial charge in [-0.05, 0) is 28.8 Å². The van der Waals surface area contributed by atoms with E-state index < -0.39 is 12.3 Å². The predicted octanol–water partition coefficient (Wildman–Crippen LogP) is 6.48. The molecule has 5 nitrogen and oxygen atoms in total. The van der Waals surface area contributed by atoms with E-state index in [0.717, 1.165) is 12.8 Å². The summed E-state index contributed by atoms with van der Waals surface area (Å²) in [5.74, 6) is 0. The fraction of sp³-hybridized carbons (Fsp3) is 1.00. The van der Waals surface area contributed by atoms with Gasteiger partial charge in [0.2, 0.25) is 4.70 Å². The van der Waals surface area contributed by atoms with E-state index in [9.17, 15) is 9.67 Å². The van der Waals surface area contributed by atoms with E-state index in [4.69, 9.17) is 14.5 Å². The quantitative estimate of drug-likeness (QED) is 0.0815. The highest BCUT2D eigenvalue weighted by atomic mass is 79.9. The van der Waals surface area contributed by atoms with Gasteiger partial charge in [-0.25, -0.2) is 0 Å². The molecule has 0 rings (SSSR count). The van der Waals surface area contributed by atoms with Gasteiger partial charge in [-0.3, -0.25) is 4.57 Å². The summed E-state index contributed by atoms with van der Waals surface area (Å²) >= 11 is 3.07. The van der Waals surface area contributed by atoms with Gasteiger partial charge in [0, 0.05) is 6.42 Å². The van der Waals surface area contributed by atoms with Crippen LogP contribution in [0, 0.1) is 0 Å². The molecule has 0 spiro atoms. The number of halogens is 1. The second-order valence-corrected chi connectivity index (χ2v) is 10.6. The van der Waals surface area contributed by atoms with Crippen molar-refractivity contribution in [1.29, 1.82) is 0 Å². The molecular weight excluding hydrogens is 431 g/mol. The molecule has 0 saturated carbocycles. The monoisotopic (exact) mass is 472 g/mol. The molecule has 0 aromatic rings. The smallest absolute Gasteiger partial charge is 0.325 e. The van der Waals surface area contributed by atoms with Gasteiger partial charge in [0.25, 0.3) is 0 Å². The molecule has 0 aromatic heterocycles. The molecule has 164 valence electrons. The van der Waals surface area contributed by atoms with Crippen molar-refractivity contribution in [2.75, 3.05) is 12.8 Å². The van der Waals surface area contributed by atoms with E-state index in [1.165, 1.54) is 77.0 Å². The highest BCUT2D eigenvalue weighted by Crippen LogP contribution is 2.37. The molecule has 0 fully saturated rings. The molecule has 0 radical (unpaired) electrons. The molecule has 0 heterocycles. The SMILES string of the molecule is CCCCCCCCCCCCCCCCOC(O)(Br)CCCP(=O)(O)O. The maximum absolute atomic E-state index is 10.8. The summed E-state index contributed by atoms with van der Waals surface area (Å²) in [6, 6.07) is 0. The third-order valence-corrected chi connectivity index (χ3v) is 6.28. The van der Waals surface area contributed by atoms with Gasteiger partial charge in [0.05, 0.1) is 12.8 Å². The fourth-order valence-electron chi connectivity index (χ4n) is 3.10. The van der Waals surface area contributed by atoms with Crippen molar-refractivity contribution in [2.45, 2.75) is 114 Å². The van der Waals surface area contributed by atoms with E-state index in [2.05, 4.69) is 22.9 Å². The molecule has 3 N–H and O–H groups in total. The van der Waals surface area contributed by atoms with Gasteiger partial charge >= 0.3 is 7.60 Å². The summed E-state index contributed by atoms with van der Waals surface area (Å²) in [5, 5.41) is 9.96. The number of hydrogen-bond donors (Lipinski definition) is 3. The second-order valence-electron chi connectivity index (χ2n) is 7.63. The molecule has 1 unspecified atom stereocenters. The average molecular weight is 473 g/mol. The lowest BCUT2D eigenvalue weighted by Crippen LogP contribution is -2.25. The normalized spacial score (nSPS) is 14.4. The molecular formula is C20H42BrO5P. The van der Waals surface area contributed by atoms with Crippen LogP contribution in [-0.4, -0.2) is 32.4 Å². The summed E-state index contributed by atoms with van der Waals surface area (Å²) in [7, 11) is -4.00. The summed E-state index contributed by atoms with van der Waals surface area (Å²) < 4.78 is 14.7. The molecule has 0 aromatic carbocycles. The van der Waals surface area contributed by atoms with Crippen LogP contribution in [0.5, 0.6) is 0 Å². The molecule has 0 aliphatic rings. The maximum Gasteiger partial charge on any atom is 0.325 e. The number of alkyl halides is 1. The lowest BCUT2D eigenvalue weighted by Gasteiger charge is -2.21. The van der Waals surface area contributed by atoms with E-state index >= 15 is 0 Å². The van der Waals surface area contributed by atoms with Crippen LogP contribution < -0.4 is 0 Å². The van der Waals surface area contributed by atoms with Crippen LogP contribution in [-0.2, 0) is 9.30 Å². The van der Waals surface area contributed by atoms with Crippen LogP contribution in [0.2, 0.25) is 0 Å². The molecule has 0 saturated heterocycles. The van der Waals surface area contributed by atoms with Crippen molar-refractivity contribution in [3.05, 3.63) is 0 Å². The Bertz CT molecular complexity index is 373. The Morgan fingerprint density at radius 2 is 1.19 bits per heavy atom. The van der Waals surface area contributed by atoms with Crippen molar-refractivity contribution < 1.29 is 24.2 Å². The average Bonchev–Trinajstić information content (AvgIpc) is 2.57. The minimum Gasteiger partial charge on any atom is -0.357 e. The maximum atomic E-state index is 10.8. The zero-order valence-corrected chi connectivity index (χ0v) is 19.7. The highest BCUT2D eigenvalue weighted by molar-refractivity contribution is 9.09. The number of unbranched alkanes of at least 4 members (excludes halogenated alkanes) is 13. The van der Waals surface area contributed by atoms with Crippen LogP contribution >= 0.6 is 23.5 Å². The first-order valence-corrected chi connectivity index (χ1v) is 13.5. The van der Waals surface area contributed by atoms with E-state index in [0.29, 0.717) is 6.61 Å². The molecule has 0 bridgehead atoms. The lowest BCUT2D eigenvalue weighted by molar-refractivity contribution is -0.129. The lowest BCUT2D eigenvalue weighted by atomic mass is 10.0. The molecule has 27 heavy (non-hydrogen) atoms. The molecule has 7 heteroatoms. The van der Waals surface area contributed by atoms with Crippen LogP contribution in [0.15, 0.2) is 0 Å². The summed E-state index contributed by atoms with van der Waals surface area (Å²) in [4.78, 5) is 17.6. The first-order chi connectivity index (χ1) is 12.8. The predicted molar refractivity (Wildman–Crippen MR) is 116 cm³/mol.